The van der Waals surface area contributed by atoms with E-state index in [2.05, 4.69) is 5.32 Å². The van der Waals surface area contributed by atoms with Gasteiger partial charge in [0, 0.05) is 27.4 Å². The number of hydrogen-bond donors (Lipinski definition) is 2. The van der Waals surface area contributed by atoms with Crippen LogP contribution in [0.25, 0.3) is 10.4 Å². The number of nitrogens with one attached hydrogen (secondary N) is 1. The van der Waals surface area contributed by atoms with Gasteiger partial charge in [-0.05, 0) is 65.9 Å². The van der Waals surface area contributed by atoms with Crippen molar-refractivity contribution in [3.63, 3.8) is 0 Å². The van der Waals surface area contributed by atoms with Gasteiger partial charge >= 0.3 is 12.1 Å². The van der Waals surface area contributed by atoms with E-state index in [4.69, 9.17) is 5.11 Å². The zero-order valence-corrected chi connectivity index (χ0v) is 19.0. The molecule has 2 aromatic carbocycles. The first kappa shape index (κ1) is 24.5. The van der Waals surface area contributed by atoms with Crippen LogP contribution < -0.4 is 5.32 Å². The highest BCUT2D eigenvalue weighted by Gasteiger charge is 2.30. The first-order chi connectivity index (χ1) is 15.5. The summed E-state index contributed by atoms with van der Waals surface area (Å²) in [7, 11) is 0. The number of carboxylic acids is 1. The highest BCUT2D eigenvalue weighted by Crippen LogP contribution is 2.37. The standard InChI is InChI=1S/C25H24F3NO3S/c1-15(2)20-13-23(17-3-7-18(8-4-17)25(26,27)28)33-22(20)12-11-21(30)16-5-9-19(10-6-16)29-14-24(31)32/h3-10,13,15,29H,11-12,14H2,1-2H3,(H,31,32). The number of benzene rings is 2. The Morgan fingerprint density at radius 3 is 2.21 bits per heavy atom. The van der Waals surface area contributed by atoms with Crippen LogP contribution >= 0.6 is 11.3 Å². The molecule has 0 spiro atoms. The van der Waals surface area contributed by atoms with E-state index in [1.165, 1.54) is 23.5 Å². The van der Waals surface area contributed by atoms with Gasteiger partial charge < -0.3 is 10.4 Å². The van der Waals surface area contributed by atoms with Gasteiger partial charge in [0.15, 0.2) is 5.78 Å². The van der Waals surface area contributed by atoms with E-state index < -0.39 is 17.7 Å². The third-order valence-electron chi connectivity index (χ3n) is 5.19. The predicted molar refractivity (Wildman–Crippen MR) is 124 cm³/mol. The van der Waals surface area contributed by atoms with Crippen LogP contribution in [-0.4, -0.2) is 23.4 Å². The molecular formula is C25H24F3NO3S. The monoisotopic (exact) mass is 475 g/mol. The maximum absolute atomic E-state index is 12.8. The molecule has 1 heterocycles. The van der Waals surface area contributed by atoms with E-state index in [-0.39, 0.29) is 18.2 Å². The lowest BCUT2D eigenvalue weighted by molar-refractivity contribution is -0.137. The Morgan fingerprint density at radius 1 is 1.03 bits per heavy atom. The number of hydrogen-bond acceptors (Lipinski definition) is 4. The lowest BCUT2D eigenvalue weighted by Crippen LogP contribution is -2.12. The fourth-order valence-corrected chi connectivity index (χ4v) is 4.74. The molecule has 0 atom stereocenters. The Hall–Kier alpha value is -3.13. The molecule has 3 aromatic rings. The van der Waals surface area contributed by atoms with Crippen LogP contribution in [0.2, 0.25) is 0 Å². The van der Waals surface area contributed by atoms with E-state index >= 15 is 0 Å². The first-order valence-electron chi connectivity index (χ1n) is 10.4. The molecule has 0 saturated heterocycles. The number of rotatable bonds is 9. The molecule has 0 bridgehead atoms. The molecule has 0 aliphatic rings. The van der Waals surface area contributed by atoms with Crippen molar-refractivity contribution in [1.29, 1.82) is 0 Å². The number of ketones is 1. The Morgan fingerprint density at radius 2 is 1.67 bits per heavy atom. The summed E-state index contributed by atoms with van der Waals surface area (Å²) >= 11 is 1.50. The van der Waals surface area contributed by atoms with E-state index in [0.717, 1.165) is 33.0 Å². The van der Waals surface area contributed by atoms with Crippen LogP contribution in [0.4, 0.5) is 18.9 Å². The normalized spacial score (nSPS) is 11.6. The number of Topliss-reactive ketones (excluding diaryl/α,β-unsaturated/α-hetero) is 1. The molecule has 1 aromatic heterocycles. The number of aryl methyl sites for hydroxylation is 1. The number of thiophene rings is 1. The van der Waals surface area contributed by atoms with Crippen molar-refractivity contribution in [1.82, 2.24) is 0 Å². The summed E-state index contributed by atoms with van der Waals surface area (Å²) in [5.41, 5.74) is 2.30. The highest BCUT2D eigenvalue weighted by atomic mass is 32.1. The molecule has 3 rings (SSSR count). The van der Waals surface area contributed by atoms with Gasteiger partial charge in [0.05, 0.1) is 5.56 Å². The molecule has 4 nitrogen and oxygen atoms in total. The fraction of sp³-hybridized carbons (Fsp3) is 0.280. The molecule has 0 radical (unpaired) electrons. The van der Waals surface area contributed by atoms with Gasteiger partial charge in [-0.15, -0.1) is 11.3 Å². The van der Waals surface area contributed by atoms with Crippen molar-refractivity contribution < 1.29 is 27.9 Å². The van der Waals surface area contributed by atoms with E-state index in [1.807, 2.05) is 19.9 Å². The minimum absolute atomic E-state index is 0.0287. The molecule has 0 fully saturated rings. The smallest absolute Gasteiger partial charge is 0.416 e. The van der Waals surface area contributed by atoms with Gasteiger partial charge in [0.1, 0.15) is 6.54 Å². The van der Waals surface area contributed by atoms with E-state index in [9.17, 15) is 22.8 Å². The second kappa shape index (κ2) is 10.2. The molecule has 0 amide bonds. The van der Waals surface area contributed by atoms with Crippen molar-refractivity contribution in [3.05, 3.63) is 76.2 Å². The van der Waals surface area contributed by atoms with E-state index in [0.29, 0.717) is 24.1 Å². The van der Waals surface area contributed by atoms with Crippen LogP contribution in [-0.2, 0) is 17.4 Å². The van der Waals surface area contributed by atoms with Crippen molar-refractivity contribution in [2.75, 3.05) is 11.9 Å². The average Bonchev–Trinajstić information content (AvgIpc) is 3.20. The number of carbonyl (C=O) groups is 2. The molecule has 0 aliphatic carbocycles. The number of carbonyl (C=O) groups excluding carboxylic acids is 1. The van der Waals surface area contributed by atoms with Crippen molar-refractivity contribution in [2.24, 2.45) is 0 Å². The van der Waals surface area contributed by atoms with Crippen LogP contribution in [0.1, 0.15) is 52.5 Å². The third kappa shape index (κ3) is 6.44. The number of halogens is 3. The Labute approximate surface area is 194 Å². The van der Waals surface area contributed by atoms with Gasteiger partial charge in [-0.2, -0.15) is 13.2 Å². The van der Waals surface area contributed by atoms with Gasteiger partial charge in [-0.1, -0.05) is 26.0 Å². The maximum atomic E-state index is 12.8. The van der Waals surface area contributed by atoms with Crippen LogP contribution in [0, 0.1) is 0 Å². The van der Waals surface area contributed by atoms with Crippen LogP contribution in [0.3, 0.4) is 0 Å². The quantitative estimate of drug-likeness (QED) is 0.332. The summed E-state index contributed by atoms with van der Waals surface area (Å²) in [6, 6.07) is 13.8. The number of carboxylic acid groups (broad SMARTS) is 1. The molecular weight excluding hydrogens is 451 g/mol. The minimum atomic E-state index is -4.37. The molecule has 174 valence electrons. The van der Waals surface area contributed by atoms with Crippen LogP contribution in [0.5, 0.6) is 0 Å². The molecule has 0 saturated carbocycles. The highest BCUT2D eigenvalue weighted by molar-refractivity contribution is 7.15. The van der Waals surface area contributed by atoms with Gasteiger partial charge in [-0.25, -0.2) is 0 Å². The third-order valence-corrected chi connectivity index (χ3v) is 6.45. The summed E-state index contributed by atoms with van der Waals surface area (Å²) in [6.07, 6.45) is -3.53. The minimum Gasteiger partial charge on any atom is -0.480 e. The Balaban J connectivity index is 1.71. The zero-order chi connectivity index (χ0) is 24.2. The molecule has 2 N–H and O–H groups in total. The number of aliphatic carboxylic acids is 1. The van der Waals surface area contributed by atoms with Gasteiger partial charge in [0.25, 0.3) is 0 Å². The van der Waals surface area contributed by atoms with Crippen molar-refractivity contribution in [2.45, 2.75) is 38.8 Å². The van der Waals surface area contributed by atoms with Gasteiger partial charge in [0.2, 0.25) is 0 Å². The lowest BCUT2D eigenvalue weighted by atomic mass is 9.99. The topological polar surface area (TPSA) is 66.4 Å². The molecule has 33 heavy (non-hydrogen) atoms. The number of alkyl halides is 3. The Bertz CT molecular complexity index is 1120. The zero-order valence-electron chi connectivity index (χ0n) is 18.2. The summed E-state index contributed by atoms with van der Waals surface area (Å²) < 4.78 is 38.5. The average molecular weight is 476 g/mol. The van der Waals surface area contributed by atoms with Crippen LogP contribution in [0.15, 0.2) is 54.6 Å². The largest absolute Gasteiger partial charge is 0.480 e. The summed E-state index contributed by atoms with van der Waals surface area (Å²) in [5, 5.41) is 11.5. The summed E-state index contributed by atoms with van der Waals surface area (Å²) in [5.74, 6) is -0.782. The van der Waals surface area contributed by atoms with Crippen molar-refractivity contribution >= 4 is 28.8 Å². The molecule has 0 unspecified atom stereocenters. The lowest BCUT2D eigenvalue weighted by Gasteiger charge is -2.07. The summed E-state index contributed by atoms with van der Waals surface area (Å²) in [4.78, 5) is 25.2. The SMILES string of the molecule is CC(C)c1cc(-c2ccc(C(F)(F)F)cc2)sc1CCC(=O)c1ccc(NCC(=O)O)cc1. The maximum Gasteiger partial charge on any atom is 0.416 e. The summed E-state index contributed by atoms with van der Waals surface area (Å²) in [6.45, 7) is 3.89. The van der Waals surface area contributed by atoms with Gasteiger partial charge in [-0.3, -0.25) is 9.59 Å². The molecule has 0 aliphatic heterocycles. The predicted octanol–water partition coefficient (Wildman–Crippen LogP) is 6.87. The Kier molecular flexibility index (Phi) is 7.58. The van der Waals surface area contributed by atoms with E-state index in [1.54, 1.807) is 24.3 Å². The first-order valence-corrected chi connectivity index (χ1v) is 11.3. The molecule has 8 heteroatoms. The second-order valence-electron chi connectivity index (χ2n) is 7.97. The number of anilines is 1. The van der Waals surface area contributed by atoms with Crippen molar-refractivity contribution in [3.8, 4) is 10.4 Å². The fourth-order valence-electron chi connectivity index (χ4n) is 3.42. The second-order valence-corrected chi connectivity index (χ2v) is 9.10.